The number of benzene rings is 1. The fourth-order valence-electron chi connectivity index (χ4n) is 2.01. The van der Waals surface area contributed by atoms with E-state index in [-0.39, 0.29) is 31.0 Å². The fourth-order valence-corrected chi connectivity index (χ4v) is 2.31. The van der Waals surface area contributed by atoms with Gasteiger partial charge in [-0.25, -0.2) is 0 Å². The normalized spacial score (nSPS) is 24.2. The summed E-state index contributed by atoms with van der Waals surface area (Å²) in [5.74, 6) is 0.0368. The van der Waals surface area contributed by atoms with Crippen molar-refractivity contribution in [3.8, 4) is 0 Å². The standard InChI is InChI=1S/C12H15Cl2NO2.ClH/c13-10-2-1-8(5-11(10)14)12-9(7-16)6-15-3-4-17-12;/h1-2,5,9,12,15-16H,3-4,6-7H2;1H/t9-,12+;/m1./s1. The van der Waals surface area contributed by atoms with Crippen LogP contribution < -0.4 is 5.32 Å². The van der Waals surface area contributed by atoms with Crippen LogP contribution in [0.1, 0.15) is 11.7 Å². The van der Waals surface area contributed by atoms with E-state index in [1.165, 1.54) is 0 Å². The van der Waals surface area contributed by atoms with Crippen LogP contribution in [0.3, 0.4) is 0 Å². The SMILES string of the molecule is Cl.OC[C@H]1CNCCO[C@H]1c1ccc(Cl)c(Cl)c1. The predicted molar refractivity (Wildman–Crippen MR) is 75.8 cm³/mol. The quantitative estimate of drug-likeness (QED) is 0.882. The molecule has 0 amide bonds. The Kier molecular flexibility index (Phi) is 6.71. The van der Waals surface area contributed by atoms with Crippen molar-refractivity contribution in [1.82, 2.24) is 5.32 Å². The fraction of sp³-hybridized carbons (Fsp3) is 0.500. The van der Waals surface area contributed by atoms with E-state index < -0.39 is 0 Å². The maximum atomic E-state index is 9.39. The highest BCUT2D eigenvalue weighted by Gasteiger charge is 2.25. The third kappa shape index (κ3) is 3.73. The summed E-state index contributed by atoms with van der Waals surface area (Å²) in [5.41, 5.74) is 0.960. The number of hydrogen-bond donors (Lipinski definition) is 2. The Morgan fingerprint density at radius 1 is 1.33 bits per heavy atom. The molecule has 0 unspecified atom stereocenters. The minimum absolute atomic E-state index is 0. The molecule has 3 nitrogen and oxygen atoms in total. The zero-order valence-corrected chi connectivity index (χ0v) is 12.1. The van der Waals surface area contributed by atoms with E-state index in [2.05, 4.69) is 5.32 Å². The molecule has 2 atom stereocenters. The molecule has 1 aromatic carbocycles. The molecular weight excluding hydrogens is 296 g/mol. The van der Waals surface area contributed by atoms with Gasteiger partial charge in [-0.1, -0.05) is 29.3 Å². The van der Waals surface area contributed by atoms with Crippen LogP contribution in [0.5, 0.6) is 0 Å². The van der Waals surface area contributed by atoms with Gasteiger partial charge in [0.25, 0.3) is 0 Å². The van der Waals surface area contributed by atoms with Crippen molar-refractivity contribution in [3.63, 3.8) is 0 Å². The maximum Gasteiger partial charge on any atom is 0.0888 e. The Balaban J connectivity index is 0.00000162. The first-order valence-electron chi connectivity index (χ1n) is 5.60. The van der Waals surface area contributed by atoms with Gasteiger partial charge in [-0.05, 0) is 17.7 Å². The predicted octanol–water partition coefficient (Wildman–Crippen LogP) is 2.68. The van der Waals surface area contributed by atoms with Gasteiger partial charge in [-0.2, -0.15) is 0 Å². The molecule has 1 saturated heterocycles. The molecule has 0 saturated carbocycles. The van der Waals surface area contributed by atoms with Crippen molar-refractivity contribution in [1.29, 1.82) is 0 Å². The second-order valence-corrected chi connectivity index (χ2v) is 4.93. The first-order chi connectivity index (χ1) is 8.22. The lowest BCUT2D eigenvalue weighted by Gasteiger charge is -2.23. The van der Waals surface area contributed by atoms with Crippen molar-refractivity contribution >= 4 is 35.6 Å². The molecule has 2 N–H and O–H groups in total. The summed E-state index contributed by atoms with van der Waals surface area (Å²) in [6.45, 7) is 2.25. The van der Waals surface area contributed by atoms with Crippen LogP contribution in [-0.2, 0) is 4.74 Å². The highest BCUT2D eigenvalue weighted by Crippen LogP contribution is 2.31. The number of halogens is 3. The largest absolute Gasteiger partial charge is 0.396 e. The van der Waals surface area contributed by atoms with Crippen LogP contribution in [0.15, 0.2) is 18.2 Å². The van der Waals surface area contributed by atoms with E-state index >= 15 is 0 Å². The van der Waals surface area contributed by atoms with Crippen LogP contribution in [0.25, 0.3) is 0 Å². The molecule has 0 bridgehead atoms. The molecule has 18 heavy (non-hydrogen) atoms. The molecular formula is C12H16Cl3NO2. The van der Waals surface area contributed by atoms with E-state index in [0.717, 1.165) is 18.7 Å². The molecule has 1 aliphatic rings. The summed E-state index contributed by atoms with van der Waals surface area (Å²) in [4.78, 5) is 0. The summed E-state index contributed by atoms with van der Waals surface area (Å²) in [6, 6.07) is 5.46. The minimum atomic E-state index is -0.134. The van der Waals surface area contributed by atoms with E-state index in [1.54, 1.807) is 6.07 Å². The lowest BCUT2D eigenvalue weighted by Crippen LogP contribution is -2.27. The van der Waals surface area contributed by atoms with Crippen LogP contribution in [0.4, 0.5) is 0 Å². The van der Waals surface area contributed by atoms with Crippen LogP contribution in [0.2, 0.25) is 10.0 Å². The molecule has 2 rings (SSSR count). The van der Waals surface area contributed by atoms with Gasteiger partial charge in [-0.3, -0.25) is 0 Å². The monoisotopic (exact) mass is 311 g/mol. The number of hydrogen-bond acceptors (Lipinski definition) is 3. The zero-order chi connectivity index (χ0) is 12.3. The zero-order valence-electron chi connectivity index (χ0n) is 9.73. The van der Waals surface area contributed by atoms with E-state index in [1.807, 2.05) is 12.1 Å². The van der Waals surface area contributed by atoms with Crippen molar-refractivity contribution in [2.24, 2.45) is 5.92 Å². The third-order valence-corrected chi connectivity index (χ3v) is 3.66. The topological polar surface area (TPSA) is 41.5 Å². The Bertz CT molecular complexity index is 390. The molecule has 0 aromatic heterocycles. The first-order valence-corrected chi connectivity index (χ1v) is 6.36. The molecule has 0 radical (unpaired) electrons. The summed E-state index contributed by atoms with van der Waals surface area (Å²) in [7, 11) is 0. The maximum absolute atomic E-state index is 9.39. The van der Waals surface area contributed by atoms with Gasteiger partial charge in [0.15, 0.2) is 0 Å². The highest BCUT2D eigenvalue weighted by atomic mass is 35.5. The van der Waals surface area contributed by atoms with Crippen molar-refractivity contribution in [2.75, 3.05) is 26.3 Å². The summed E-state index contributed by atoms with van der Waals surface area (Å²) in [5, 5.41) is 13.7. The van der Waals surface area contributed by atoms with E-state index in [0.29, 0.717) is 16.7 Å². The molecule has 1 fully saturated rings. The highest BCUT2D eigenvalue weighted by molar-refractivity contribution is 6.42. The average molecular weight is 313 g/mol. The number of aliphatic hydroxyl groups excluding tert-OH is 1. The number of rotatable bonds is 2. The molecule has 6 heteroatoms. The number of ether oxygens (including phenoxy) is 1. The van der Waals surface area contributed by atoms with Crippen LogP contribution >= 0.6 is 35.6 Å². The summed E-state index contributed by atoms with van der Waals surface area (Å²) in [6.07, 6.45) is -0.134. The van der Waals surface area contributed by atoms with Gasteiger partial charge >= 0.3 is 0 Å². The summed E-state index contributed by atoms with van der Waals surface area (Å²) < 4.78 is 5.76. The number of nitrogens with one attached hydrogen (secondary N) is 1. The van der Waals surface area contributed by atoms with Crippen molar-refractivity contribution in [2.45, 2.75) is 6.10 Å². The van der Waals surface area contributed by atoms with Gasteiger partial charge in [0.2, 0.25) is 0 Å². The first kappa shape index (κ1) is 16.0. The summed E-state index contributed by atoms with van der Waals surface area (Å²) >= 11 is 11.9. The lowest BCUT2D eigenvalue weighted by molar-refractivity contribution is 0.0115. The Labute approximate surface area is 123 Å². The van der Waals surface area contributed by atoms with Gasteiger partial charge < -0.3 is 15.2 Å². The Morgan fingerprint density at radius 2 is 2.11 bits per heavy atom. The van der Waals surface area contributed by atoms with Crippen molar-refractivity contribution in [3.05, 3.63) is 33.8 Å². The van der Waals surface area contributed by atoms with Gasteiger partial charge in [0, 0.05) is 25.6 Å². The van der Waals surface area contributed by atoms with Crippen LogP contribution in [-0.4, -0.2) is 31.4 Å². The Morgan fingerprint density at radius 3 is 2.78 bits per heavy atom. The molecule has 1 heterocycles. The third-order valence-electron chi connectivity index (χ3n) is 2.92. The lowest BCUT2D eigenvalue weighted by atomic mass is 9.96. The molecule has 1 aliphatic heterocycles. The van der Waals surface area contributed by atoms with Crippen molar-refractivity contribution < 1.29 is 9.84 Å². The molecule has 1 aromatic rings. The number of aliphatic hydroxyl groups is 1. The molecule has 0 aliphatic carbocycles. The second kappa shape index (κ2) is 7.53. The second-order valence-electron chi connectivity index (χ2n) is 4.11. The molecule has 0 spiro atoms. The minimum Gasteiger partial charge on any atom is -0.396 e. The van der Waals surface area contributed by atoms with E-state index in [9.17, 15) is 5.11 Å². The van der Waals surface area contributed by atoms with Gasteiger partial charge in [0.05, 0.1) is 22.8 Å². The smallest absolute Gasteiger partial charge is 0.0888 e. The average Bonchev–Trinajstić information content (AvgIpc) is 2.57. The van der Waals surface area contributed by atoms with Gasteiger partial charge in [0.1, 0.15) is 0 Å². The Hall–Kier alpha value is -0.0300. The molecule has 102 valence electrons. The van der Waals surface area contributed by atoms with Crippen LogP contribution in [0, 0.1) is 5.92 Å². The van der Waals surface area contributed by atoms with Gasteiger partial charge in [-0.15, -0.1) is 12.4 Å². The van der Waals surface area contributed by atoms with E-state index in [4.69, 9.17) is 27.9 Å².